The Hall–Kier alpha value is -2.69. The van der Waals surface area contributed by atoms with Crippen molar-refractivity contribution in [3.8, 4) is 0 Å². The van der Waals surface area contributed by atoms with Gasteiger partial charge in [-0.25, -0.2) is 9.18 Å². The molecule has 3 aromatic rings. The zero-order chi connectivity index (χ0) is 18.1. The molecular weight excluding hydrogens is 319 g/mol. The number of rotatable bonds is 4. The van der Waals surface area contributed by atoms with Gasteiger partial charge in [-0.2, -0.15) is 0 Å². The van der Waals surface area contributed by atoms with Crippen LogP contribution in [0.4, 0.5) is 4.39 Å². The van der Waals surface area contributed by atoms with Gasteiger partial charge in [0.1, 0.15) is 5.82 Å². The van der Waals surface area contributed by atoms with Crippen molar-refractivity contribution in [2.45, 2.75) is 39.8 Å². The molecule has 3 rings (SSSR count). The molecule has 0 saturated heterocycles. The van der Waals surface area contributed by atoms with E-state index in [0.29, 0.717) is 17.4 Å². The minimum absolute atomic E-state index is 0.312. The van der Waals surface area contributed by atoms with Crippen LogP contribution in [0.3, 0.4) is 0 Å². The van der Waals surface area contributed by atoms with Crippen molar-refractivity contribution in [1.82, 2.24) is 9.13 Å². The summed E-state index contributed by atoms with van der Waals surface area (Å²) in [6, 6.07) is 11.0. The van der Waals surface area contributed by atoms with Gasteiger partial charge in [-0.3, -0.25) is 13.9 Å². The second-order valence-corrected chi connectivity index (χ2v) is 6.36. The number of hydrogen-bond acceptors (Lipinski definition) is 2. The summed E-state index contributed by atoms with van der Waals surface area (Å²) in [5.41, 5.74) is 1.70. The SMILES string of the molecule is CCCn1c(=O)n(C(C)c2ccc(F)cc2)c(=O)c2cc(C)ccc21. The maximum absolute atomic E-state index is 13.2. The fourth-order valence-electron chi connectivity index (χ4n) is 3.18. The Morgan fingerprint density at radius 1 is 1.08 bits per heavy atom. The summed E-state index contributed by atoms with van der Waals surface area (Å²) in [5, 5.41) is 0.530. The summed E-state index contributed by atoms with van der Waals surface area (Å²) >= 11 is 0. The topological polar surface area (TPSA) is 44.0 Å². The lowest BCUT2D eigenvalue weighted by Crippen LogP contribution is -2.42. The summed E-state index contributed by atoms with van der Waals surface area (Å²) < 4.78 is 16.1. The van der Waals surface area contributed by atoms with Gasteiger partial charge < -0.3 is 0 Å². The van der Waals surface area contributed by atoms with Gasteiger partial charge in [0.25, 0.3) is 5.56 Å². The van der Waals surface area contributed by atoms with Crippen molar-refractivity contribution >= 4 is 10.9 Å². The van der Waals surface area contributed by atoms with Crippen molar-refractivity contribution in [2.75, 3.05) is 0 Å². The Balaban J connectivity index is 2.32. The molecule has 0 aliphatic carbocycles. The molecular formula is C20H21FN2O2. The first-order valence-electron chi connectivity index (χ1n) is 8.45. The summed E-state index contributed by atoms with van der Waals surface area (Å²) in [4.78, 5) is 26.0. The summed E-state index contributed by atoms with van der Waals surface area (Å²) in [6.45, 7) is 6.23. The number of aromatic nitrogens is 2. The van der Waals surface area contributed by atoms with Crippen molar-refractivity contribution < 1.29 is 4.39 Å². The molecule has 0 amide bonds. The van der Waals surface area contributed by atoms with E-state index >= 15 is 0 Å². The lowest BCUT2D eigenvalue weighted by Gasteiger charge is -2.19. The molecule has 1 unspecified atom stereocenters. The van der Waals surface area contributed by atoms with Crippen LogP contribution in [0.1, 0.15) is 37.4 Å². The highest BCUT2D eigenvalue weighted by Gasteiger charge is 2.18. The summed E-state index contributed by atoms with van der Waals surface area (Å²) in [5.74, 6) is -0.346. The molecule has 4 nitrogen and oxygen atoms in total. The van der Waals surface area contributed by atoms with Gasteiger partial charge in [0, 0.05) is 6.54 Å². The lowest BCUT2D eigenvalue weighted by atomic mass is 10.1. The first-order valence-corrected chi connectivity index (χ1v) is 8.45. The Morgan fingerprint density at radius 2 is 1.76 bits per heavy atom. The molecule has 0 N–H and O–H groups in total. The molecule has 0 aliphatic rings. The lowest BCUT2D eigenvalue weighted by molar-refractivity contribution is 0.532. The minimum Gasteiger partial charge on any atom is -0.293 e. The van der Waals surface area contributed by atoms with E-state index in [1.54, 1.807) is 23.6 Å². The van der Waals surface area contributed by atoms with E-state index in [0.717, 1.165) is 17.5 Å². The number of halogens is 1. The predicted molar refractivity (Wildman–Crippen MR) is 97.7 cm³/mol. The highest BCUT2D eigenvalue weighted by atomic mass is 19.1. The number of hydrogen-bond donors (Lipinski definition) is 0. The van der Waals surface area contributed by atoms with E-state index in [9.17, 15) is 14.0 Å². The van der Waals surface area contributed by atoms with Crippen LogP contribution in [0.5, 0.6) is 0 Å². The molecule has 0 radical (unpaired) electrons. The second-order valence-electron chi connectivity index (χ2n) is 6.36. The van der Waals surface area contributed by atoms with E-state index in [-0.39, 0.29) is 17.1 Å². The molecule has 0 spiro atoms. The van der Waals surface area contributed by atoms with E-state index < -0.39 is 6.04 Å². The zero-order valence-electron chi connectivity index (χ0n) is 14.6. The smallest absolute Gasteiger partial charge is 0.293 e. The van der Waals surface area contributed by atoms with Crippen LogP contribution in [-0.4, -0.2) is 9.13 Å². The van der Waals surface area contributed by atoms with Gasteiger partial charge in [-0.15, -0.1) is 0 Å². The van der Waals surface area contributed by atoms with Gasteiger partial charge in [0.2, 0.25) is 0 Å². The van der Waals surface area contributed by atoms with Gasteiger partial charge >= 0.3 is 5.69 Å². The maximum Gasteiger partial charge on any atom is 0.332 e. The van der Waals surface area contributed by atoms with E-state index in [4.69, 9.17) is 0 Å². The van der Waals surface area contributed by atoms with Crippen LogP contribution in [0.15, 0.2) is 52.1 Å². The molecule has 25 heavy (non-hydrogen) atoms. The average Bonchev–Trinajstić information content (AvgIpc) is 2.59. The molecule has 2 aromatic carbocycles. The molecule has 5 heteroatoms. The third kappa shape index (κ3) is 3.02. The Kier molecular flexibility index (Phi) is 4.57. The maximum atomic E-state index is 13.2. The van der Waals surface area contributed by atoms with Gasteiger partial charge in [0.05, 0.1) is 16.9 Å². The van der Waals surface area contributed by atoms with Crippen LogP contribution < -0.4 is 11.2 Å². The fourth-order valence-corrected chi connectivity index (χ4v) is 3.18. The average molecular weight is 340 g/mol. The number of fused-ring (bicyclic) bond motifs is 1. The zero-order valence-corrected chi connectivity index (χ0v) is 14.6. The molecule has 0 bridgehead atoms. The minimum atomic E-state index is -0.478. The van der Waals surface area contributed by atoms with Crippen LogP contribution in [0.2, 0.25) is 0 Å². The van der Waals surface area contributed by atoms with Crippen molar-refractivity contribution in [2.24, 2.45) is 0 Å². The van der Waals surface area contributed by atoms with E-state index in [1.807, 2.05) is 32.0 Å². The third-order valence-electron chi connectivity index (χ3n) is 4.52. The molecule has 1 atom stereocenters. The van der Waals surface area contributed by atoms with Gasteiger partial charge in [-0.05, 0) is 50.1 Å². The summed E-state index contributed by atoms with van der Waals surface area (Å²) in [6.07, 6.45) is 0.784. The van der Waals surface area contributed by atoms with Crippen LogP contribution in [0, 0.1) is 12.7 Å². The normalized spacial score (nSPS) is 12.5. The van der Waals surface area contributed by atoms with Crippen molar-refractivity contribution in [3.63, 3.8) is 0 Å². The largest absolute Gasteiger partial charge is 0.332 e. The number of benzene rings is 2. The molecule has 1 aromatic heterocycles. The third-order valence-corrected chi connectivity index (χ3v) is 4.52. The van der Waals surface area contributed by atoms with Gasteiger partial charge in [-0.1, -0.05) is 30.7 Å². The van der Waals surface area contributed by atoms with E-state index in [1.165, 1.54) is 16.7 Å². The molecule has 0 aliphatic heterocycles. The Labute approximate surface area is 145 Å². The standard InChI is InChI=1S/C20H21FN2O2/c1-4-11-22-18-10-5-13(2)12-17(18)19(24)23(20(22)25)14(3)15-6-8-16(21)9-7-15/h5-10,12,14H,4,11H2,1-3H3. The van der Waals surface area contributed by atoms with E-state index in [2.05, 4.69) is 0 Å². The molecule has 1 heterocycles. The highest BCUT2D eigenvalue weighted by Crippen LogP contribution is 2.17. The first kappa shape index (κ1) is 17.1. The quantitative estimate of drug-likeness (QED) is 0.728. The highest BCUT2D eigenvalue weighted by molar-refractivity contribution is 5.78. The van der Waals surface area contributed by atoms with Gasteiger partial charge in [0.15, 0.2) is 0 Å². The monoisotopic (exact) mass is 340 g/mol. The van der Waals surface area contributed by atoms with Crippen LogP contribution >= 0.6 is 0 Å². The molecule has 0 fully saturated rings. The Morgan fingerprint density at radius 3 is 2.40 bits per heavy atom. The molecule has 0 saturated carbocycles. The van der Waals surface area contributed by atoms with Crippen LogP contribution in [-0.2, 0) is 6.54 Å². The fraction of sp³-hybridized carbons (Fsp3) is 0.300. The Bertz CT molecular complexity index is 1030. The first-order chi connectivity index (χ1) is 11.9. The number of aryl methyl sites for hydroxylation is 2. The second kappa shape index (κ2) is 6.67. The number of nitrogens with zero attached hydrogens (tertiary/aromatic N) is 2. The molecule has 130 valence electrons. The van der Waals surface area contributed by atoms with Crippen molar-refractivity contribution in [1.29, 1.82) is 0 Å². The van der Waals surface area contributed by atoms with Crippen molar-refractivity contribution in [3.05, 3.63) is 80.2 Å². The summed E-state index contributed by atoms with van der Waals surface area (Å²) in [7, 11) is 0. The predicted octanol–water partition coefficient (Wildman–Crippen LogP) is 3.63. The van der Waals surface area contributed by atoms with Crippen LogP contribution in [0.25, 0.3) is 10.9 Å².